The third-order valence-corrected chi connectivity index (χ3v) is 5.66. The Labute approximate surface area is 128 Å². The zero-order valence-corrected chi connectivity index (χ0v) is 14.7. The molecule has 0 spiro atoms. The molecule has 0 aliphatic carbocycles. The van der Waals surface area contributed by atoms with E-state index in [0.717, 1.165) is 0 Å². The summed E-state index contributed by atoms with van der Waals surface area (Å²) in [5, 5.41) is 4.26. The van der Waals surface area contributed by atoms with Gasteiger partial charge in [-0.2, -0.15) is 5.10 Å². The fourth-order valence-corrected chi connectivity index (χ4v) is 3.56. The summed E-state index contributed by atoms with van der Waals surface area (Å²) in [7, 11) is -3.55. The third kappa shape index (κ3) is 4.28. The van der Waals surface area contributed by atoms with E-state index in [4.69, 9.17) is 5.73 Å². The van der Waals surface area contributed by atoms with Crippen molar-refractivity contribution in [2.24, 2.45) is 17.1 Å². The van der Waals surface area contributed by atoms with Gasteiger partial charge in [-0.3, -0.25) is 4.68 Å². The average molecular weight is 316 g/mol. The molecule has 122 valence electrons. The summed E-state index contributed by atoms with van der Waals surface area (Å²) in [6.07, 6.45) is 0. The molecular weight excluding hydrogens is 288 g/mol. The Bertz CT molecular complexity index is 585. The van der Waals surface area contributed by atoms with Crippen LogP contribution in [0.2, 0.25) is 0 Å². The highest BCUT2D eigenvalue weighted by Crippen LogP contribution is 2.25. The minimum Gasteiger partial charge on any atom is -0.329 e. The van der Waals surface area contributed by atoms with Gasteiger partial charge in [0.05, 0.1) is 17.9 Å². The number of sulfonamides is 1. The predicted molar refractivity (Wildman–Crippen MR) is 84.6 cm³/mol. The Morgan fingerprint density at radius 3 is 2.38 bits per heavy atom. The SMILES string of the molecule is Cc1nn(CCN)c(C)c1S(=O)(=O)NCC(C)C(C)(C)C. The monoisotopic (exact) mass is 316 g/mol. The predicted octanol–water partition coefficient (Wildman–Crippen LogP) is 1.42. The molecule has 0 radical (unpaired) electrons. The smallest absolute Gasteiger partial charge is 0.244 e. The maximum atomic E-state index is 12.5. The molecular formula is C14H28N4O2S. The molecule has 1 heterocycles. The molecule has 1 atom stereocenters. The maximum absolute atomic E-state index is 12.5. The zero-order chi connectivity index (χ0) is 16.4. The van der Waals surface area contributed by atoms with E-state index in [2.05, 4.69) is 30.6 Å². The fourth-order valence-electron chi connectivity index (χ4n) is 2.02. The fraction of sp³-hybridized carbons (Fsp3) is 0.786. The first kappa shape index (κ1) is 18.1. The molecule has 0 saturated heterocycles. The van der Waals surface area contributed by atoms with Crippen molar-refractivity contribution in [3.63, 3.8) is 0 Å². The topological polar surface area (TPSA) is 90.0 Å². The first-order chi connectivity index (χ1) is 9.50. The summed E-state index contributed by atoms with van der Waals surface area (Å²) in [5.74, 6) is 0.229. The summed E-state index contributed by atoms with van der Waals surface area (Å²) in [5.41, 5.74) is 6.71. The molecule has 0 aliphatic rings. The maximum Gasteiger partial charge on any atom is 0.244 e. The number of nitrogens with two attached hydrogens (primary N) is 1. The Morgan fingerprint density at radius 2 is 1.90 bits per heavy atom. The van der Waals surface area contributed by atoms with Gasteiger partial charge in [0.25, 0.3) is 0 Å². The van der Waals surface area contributed by atoms with Crippen molar-refractivity contribution < 1.29 is 8.42 Å². The number of hydrogen-bond acceptors (Lipinski definition) is 4. The van der Waals surface area contributed by atoms with Gasteiger partial charge in [0.1, 0.15) is 4.90 Å². The van der Waals surface area contributed by atoms with E-state index in [0.29, 0.717) is 31.0 Å². The lowest BCUT2D eigenvalue weighted by Gasteiger charge is -2.27. The van der Waals surface area contributed by atoms with Crippen molar-refractivity contribution in [1.82, 2.24) is 14.5 Å². The normalized spacial score (nSPS) is 14.4. The lowest BCUT2D eigenvalue weighted by Crippen LogP contribution is -2.34. The molecule has 6 nitrogen and oxygen atoms in total. The van der Waals surface area contributed by atoms with E-state index in [1.807, 2.05) is 6.92 Å². The van der Waals surface area contributed by atoms with Crippen LogP contribution in [0, 0.1) is 25.2 Å². The van der Waals surface area contributed by atoms with Crippen LogP contribution < -0.4 is 10.5 Å². The molecule has 1 aromatic rings. The van der Waals surface area contributed by atoms with E-state index in [9.17, 15) is 8.42 Å². The lowest BCUT2D eigenvalue weighted by molar-refractivity contribution is 0.263. The molecule has 0 aliphatic heterocycles. The highest BCUT2D eigenvalue weighted by Gasteiger charge is 2.27. The second kappa shape index (κ2) is 6.46. The van der Waals surface area contributed by atoms with E-state index < -0.39 is 10.0 Å². The molecule has 0 amide bonds. The van der Waals surface area contributed by atoms with Crippen molar-refractivity contribution >= 4 is 10.0 Å². The molecule has 3 N–H and O–H groups in total. The second-order valence-corrected chi connectivity index (χ2v) is 8.33. The zero-order valence-electron chi connectivity index (χ0n) is 13.9. The summed E-state index contributed by atoms with van der Waals surface area (Å²) in [6.45, 7) is 13.2. The van der Waals surface area contributed by atoms with Gasteiger partial charge in [-0.15, -0.1) is 0 Å². The van der Waals surface area contributed by atoms with Crippen molar-refractivity contribution in [3.8, 4) is 0 Å². The molecule has 0 aromatic carbocycles. The summed E-state index contributed by atoms with van der Waals surface area (Å²) < 4.78 is 29.4. The van der Waals surface area contributed by atoms with E-state index in [1.54, 1.807) is 18.5 Å². The van der Waals surface area contributed by atoms with E-state index >= 15 is 0 Å². The van der Waals surface area contributed by atoms with Crippen LogP contribution >= 0.6 is 0 Å². The second-order valence-electron chi connectivity index (χ2n) is 6.63. The summed E-state index contributed by atoms with van der Waals surface area (Å²) in [6, 6.07) is 0. The van der Waals surface area contributed by atoms with Crippen molar-refractivity contribution in [2.45, 2.75) is 53.0 Å². The molecule has 0 fully saturated rings. The van der Waals surface area contributed by atoms with E-state index in [-0.39, 0.29) is 16.2 Å². The number of nitrogens with one attached hydrogen (secondary N) is 1. The first-order valence-corrected chi connectivity index (χ1v) is 8.72. The Kier molecular flexibility index (Phi) is 5.57. The van der Waals surface area contributed by atoms with Crippen LogP contribution in [-0.2, 0) is 16.6 Å². The summed E-state index contributed by atoms with van der Waals surface area (Å²) >= 11 is 0. The molecule has 1 aromatic heterocycles. The molecule has 7 heteroatoms. The molecule has 21 heavy (non-hydrogen) atoms. The van der Waals surface area contributed by atoms with Gasteiger partial charge >= 0.3 is 0 Å². The molecule has 1 unspecified atom stereocenters. The van der Waals surface area contributed by atoms with Crippen LogP contribution in [-0.4, -0.2) is 31.3 Å². The summed E-state index contributed by atoms with van der Waals surface area (Å²) in [4.78, 5) is 0.275. The van der Waals surface area contributed by atoms with Gasteiger partial charge in [-0.05, 0) is 25.2 Å². The van der Waals surface area contributed by atoms with Crippen LogP contribution in [0.4, 0.5) is 0 Å². The average Bonchev–Trinajstić information content (AvgIpc) is 2.61. The van der Waals surface area contributed by atoms with Crippen molar-refractivity contribution in [2.75, 3.05) is 13.1 Å². The lowest BCUT2D eigenvalue weighted by atomic mass is 9.82. The Morgan fingerprint density at radius 1 is 1.33 bits per heavy atom. The Balaban J connectivity index is 2.99. The van der Waals surface area contributed by atoms with Crippen LogP contribution in [0.3, 0.4) is 0 Å². The standard InChI is InChI=1S/C14H28N4O2S/c1-10(14(4,5)6)9-16-21(19,20)13-11(2)17-18(8-7-15)12(13)3/h10,16H,7-9,15H2,1-6H3. The first-order valence-electron chi connectivity index (χ1n) is 7.24. The van der Waals surface area contributed by atoms with Crippen LogP contribution in [0.5, 0.6) is 0 Å². The minimum absolute atomic E-state index is 0.0519. The highest BCUT2D eigenvalue weighted by atomic mass is 32.2. The van der Waals surface area contributed by atoms with Crippen molar-refractivity contribution in [1.29, 1.82) is 0 Å². The quantitative estimate of drug-likeness (QED) is 0.830. The van der Waals surface area contributed by atoms with Crippen molar-refractivity contribution in [3.05, 3.63) is 11.4 Å². The van der Waals surface area contributed by atoms with Gasteiger partial charge in [0.15, 0.2) is 0 Å². The highest BCUT2D eigenvalue weighted by molar-refractivity contribution is 7.89. The number of rotatable bonds is 6. The van der Waals surface area contributed by atoms with Crippen LogP contribution in [0.25, 0.3) is 0 Å². The number of aryl methyl sites for hydroxylation is 1. The van der Waals surface area contributed by atoms with Crippen LogP contribution in [0.1, 0.15) is 39.1 Å². The molecule has 1 rings (SSSR count). The number of aromatic nitrogens is 2. The molecule has 0 saturated carbocycles. The van der Waals surface area contributed by atoms with Crippen LogP contribution in [0.15, 0.2) is 4.90 Å². The molecule has 0 bridgehead atoms. The van der Waals surface area contributed by atoms with Gasteiger partial charge in [0.2, 0.25) is 10.0 Å². The van der Waals surface area contributed by atoms with Gasteiger partial charge in [-0.1, -0.05) is 27.7 Å². The largest absolute Gasteiger partial charge is 0.329 e. The van der Waals surface area contributed by atoms with Gasteiger partial charge in [-0.25, -0.2) is 13.1 Å². The number of nitrogens with zero attached hydrogens (tertiary/aromatic N) is 2. The van der Waals surface area contributed by atoms with E-state index in [1.165, 1.54) is 0 Å². The van der Waals surface area contributed by atoms with Gasteiger partial charge < -0.3 is 5.73 Å². The minimum atomic E-state index is -3.55. The third-order valence-electron chi connectivity index (χ3n) is 3.98. The van der Waals surface area contributed by atoms with Gasteiger partial charge in [0, 0.05) is 13.1 Å². The Hall–Kier alpha value is -0.920. The number of hydrogen-bond donors (Lipinski definition) is 2.